The molecule has 0 amide bonds. The molecule has 0 spiro atoms. The molecule has 0 aromatic rings. The summed E-state index contributed by atoms with van der Waals surface area (Å²) in [4.78, 5) is 2.73. The van der Waals surface area contributed by atoms with Crippen molar-refractivity contribution in [2.45, 2.75) is 70.8 Å². The molecule has 100 valence electrons. The standard InChI is InChI=1S/C15H30N2/c1-14(2)10-11-17(13-14)15(12-16)8-6-4-3-5-7-9-15/h3-13,16H2,1-2H3. The SMILES string of the molecule is CC1(C)CCN(C2(CN)CCCCCCC2)C1. The molecule has 2 aliphatic rings. The van der Waals surface area contributed by atoms with Gasteiger partial charge in [0.1, 0.15) is 0 Å². The van der Waals surface area contributed by atoms with E-state index in [1.165, 1.54) is 64.5 Å². The van der Waals surface area contributed by atoms with Gasteiger partial charge in [-0.05, 0) is 31.2 Å². The second kappa shape index (κ2) is 5.27. The third-order valence-corrected chi connectivity index (χ3v) is 5.01. The Morgan fingerprint density at radius 1 is 0.941 bits per heavy atom. The van der Waals surface area contributed by atoms with Crippen LogP contribution in [-0.4, -0.2) is 30.1 Å². The summed E-state index contributed by atoms with van der Waals surface area (Å²) in [5.41, 5.74) is 7.03. The van der Waals surface area contributed by atoms with Crippen LogP contribution in [0.25, 0.3) is 0 Å². The summed E-state index contributed by atoms with van der Waals surface area (Å²) in [6.45, 7) is 8.19. The fraction of sp³-hybridized carbons (Fsp3) is 1.00. The number of nitrogens with two attached hydrogens (primary N) is 1. The average Bonchev–Trinajstić information content (AvgIpc) is 2.60. The van der Waals surface area contributed by atoms with E-state index in [1.54, 1.807) is 0 Å². The highest BCUT2D eigenvalue weighted by Gasteiger charge is 2.41. The van der Waals surface area contributed by atoms with Gasteiger partial charge in [-0.3, -0.25) is 4.90 Å². The quantitative estimate of drug-likeness (QED) is 0.800. The van der Waals surface area contributed by atoms with Crippen molar-refractivity contribution in [3.05, 3.63) is 0 Å². The van der Waals surface area contributed by atoms with Crippen LogP contribution in [0.3, 0.4) is 0 Å². The Morgan fingerprint density at radius 3 is 2.00 bits per heavy atom. The Morgan fingerprint density at radius 2 is 1.53 bits per heavy atom. The molecule has 2 rings (SSSR count). The zero-order chi connectivity index (χ0) is 12.4. The van der Waals surface area contributed by atoms with Gasteiger partial charge < -0.3 is 5.73 Å². The van der Waals surface area contributed by atoms with Crippen LogP contribution in [0.5, 0.6) is 0 Å². The number of likely N-dealkylation sites (tertiary alicyclic amines) is 1. The fourth-order valence-corrected chi connectivity index (χ4v) is 3.73. The Balaban J connectivity index is 2.06. The van der Waals surface area contributed by atoms with E-state index < -0.39 is 0 Å². The summed E-state index contributed by atoms with van der Waals surface area (Å²) in [5.74, 6) is 0. The number of hydrogen-bond donors (Lipinski definition) is 1. The van der Waals surface area contributed by atoms with Crippen molar-refractivity contribution in [3.8, 4) is 0 Å². The first-order valence-corrected chi connectivity index (χ1v) is 7.53. The molecule has 17 heavy (non-hydrogen) atoms. The Labute approximate surface area is 107 Å². The molecule has 0 aromatic carbocycles. The maximum atomic E-state index is 6.19. The maximum absolute atomic E-state index is 6.19. The minimum Gasteiger partial charge on any atom is -0.329 e. The number of rotatable bonds is 2. The van der Waals surface area contributed by atoms with Gasteiger partial charge in [-0.15, -0.1) is 0 Å². The van der Waals surface area contributed by atoms with E-state index in [0.29, 0.717) is 11.0 Å². The lowest BCUT2D eigenvalue weighted by molar-refractivity contribution is 0.0816. The van der Waals surface area contributed by atoms with Crippen LogP contribution in [0.4, 0.5) is 0 Å². The molecule has 0 bridgehead atoms. The van der Waals surface area contributed by atoms with E-state index in [9.17, 15) is 0 Å². The van der Waals surface area contributed by atoms with Gasteiger partial charge in [0.2, 0.25) is 0 Å². The molecule has 1 aliphatic heterocycles. The molecule has 0 unspecified atom stereocenters. The van der Waals surface area contributed by atoms with Crippen LogP contribution in [0, 0.1) is 5.41 Å². The predicted molar refractivity (Wildman–Crippen MR) is 74.1 cm³/mol. The Bertz CT molecular complexity index is 239. The summed E-state index contributed by atoms with van der Waals surface area (Å²) >= 11 is 0. The molecule has 2 fully saturated rings. The Kier molecular flexibility index (Phi) is 4.14. The highest BCUT2D eigenvalue weighted by Crippen LogP contribution is 2.38. The molecule has 0 aromatic heterocycles. The number of nitrogens with zero attached hydrogens (tertiary/aromatic N) is 1. The molecule has 1 heterocycles. The molecule has 1 saturated heterocycles. The van der Waals surface area contributed by atoms with Gasteiger partial charge in [0.15, 0.2) is 0 Å². The molecule has 2 nitrogen and oxygen atoms in total. The van der Waals surface area contributed by atoms with Crippen LogP contribution < -0.4 is 5.73 Å². The van der Waals surface area contributed by atoms with Crippen LogP contribution in [0.15, 0.2) is 0 Å². The van der Waals surface area contributed by atoms with Gasteiger partial charge in [0.25, 0.3) is 0 Å². The zero-order valence-electron chi connectivity index (χ0n) is 11.8. The van der Waals surface area contributed by atoms with Gasteiger partial charge in [0, 0.05) is 18.6 Å². The minimum atomic E-state index is 0.341. The van der Waals surface area contributed by atoms with Crippen molar-refractivity contribution < 1.29 is 0 Å². The van der Waals surface area contributed by atoms with E-state index in [4.69, 9.17) is 5.73 Å². The monoisotopic (exact) mass is 238 g/mol. The minimum absolute atomic E-state index is 0.341. The van der Waals surface area contributed by atoms with Crippen LogP contribution in [0.2, 0.25) is 0 Å². The third-order valence-electron chi connectivity index (χ3n) is 5.01. The van der Waals surface area contributed by atoms with Crippen molar-refractivity contribution >= 4 is 0 Å². The van der Waals surface area contributed by atoms with Crippen molar-refractivity contribution in [1.82, 2.24) is 4.90 Å². The smallest absolute Gasteiger partial charge is 0.0331 e. The first-order valence-electron chi connectivity index (χ1n) is 7.53. The first kappa shape index (κ1) is 13.4. The Hall–Kier alpha value is -0.0800. The molecule has 0 atom stereocenters. The van der Waals surface area contributed by atoms with Crippen LogP contribution >= 0.6 is 0 Å². The van der Waals surface area contributed by atoms with E-state index in [1.807, 2.05) is 0 Å². The van der Waals surface area contributed by atoms with Gasteiger partial charge in [-0.2, -0.15) is 0 Å². The summed E-state index contributed by atoms with van der Waals surface area (Å²) in [6, 6.07) is 0. The lowest BCUT2D eigenvalue weighted by Gasteiger charge is -2.43. The fourth-order valence-electron chi connectivity index (χ4n) is 3.73. The first-order chi connectivity index (χ1) is 8.08. The van der Waals surface area contributed by atoms with Crippen molar-refractivity contribution in [2.24, 2.45) is 11.1 Å². The maximum Gasteiger partial charge on any atom is 0.0331 e. The van der Waals surface area contributed by atoms with Gasteiger partial charge in [-0.25, -0.2) is 0 Å². The third kappa shape index (κ3) is 3.03. The molecular weight excluding hydrogens is 208 g/mol. The van der Waals surface area contributed by atoms with Crippen molar-refractivity contribution in [1.29, 1.82) is 0 Å². The van der Waals surface area contributed by atoms with Gasteiger partial charge in [-0.1, -0.05) is 46.0 Å². The summed E-state index contributed by atoms with van der Waals surface area (Å²) in [6.07, 6.45) is 11.0. The van der Waals surface area contributed by atoms with Crippen molar-refractivity contribution in [2.75, 3.05) is 19.6 Å². The summed E-state index contributed by atoms with van der Waals surface area (Å²) in [5, 5.41) is 0. The molecule has 1 aliphatic carbocycles. The molecule has 1 saturated carbocycles. The van der Waals surface area contributed by atoms with E-state index >= 15 is 0 Å². The van der Waals surface area contributed by atoms with E-state index in [2.05, 4.69) is 18.7 Å². The summed E-state index contributed by atoms with van der Waals surface area (Å²) < 4.78 is 0. The summed E-state index contributed by atoms with van der Waals surface area (Å²) in [7, 11) is 0. The highest BCUT2D eigenvalue weighted by molar-refractivity contribution is 4.98. The van der Waals surface area contributed by atoms with E-state index in [-0.39, 0.29) is 0 Å². The zero-order valence-corrected chi connectivity index (χ0v) is 11.8. The molecule has 0 radical (unpaired) electrons. The van der Waals surface area contributed by atoms with E-state index in [0.717, 1.165) is 6.54 Å². The van der Waals surface area contributed by atoms with Crippen LogP contribution in [0.1, 0.15) is 65.2 Å². The molecule has 2 heteroatoms. The molecular formula is C15H30N2. The van der Waals surface area contributed by atoms with Crippen molar-refractivity contribution in [3.63, 3.8) is 0 Å². The highest BCUT2D eigenvalue weighted by atomic mass is 15.2. The second-order valence-corrected chi connectivity index (χ2v) is 7.03. The van der Waals surface area contributed by atoms with Crippen LogP contribution in [-0.2, 0) is 0 Å². The topological polar surface area (TPSA) is 29.3 Å². The average molecular weight is 238 g/mol. The largest absolute Gasteiger partial charge is 0.329 e. The normalized spacial score (nSPS) is 29.8. The molecule has 2 N–H and O–H groups in total. The van der Waals surface area contributed by atoms with Gasteiger partial charge >= 0.3 is 0 Å². The predicted octanol–water partition coefficient (Wildman–Crippen LogP) is 3.16. The lowest BCUT2D eigenvalue weighted by Crippen LogP contribution is -2.53. The second-order valence-electron chi connectivity index (χ2n) is 7.03. The lowest BCUT2D eigenvalue weighted by atomic mass is 9.82. The van der Waals surface area contributed by atoms with Gasteiger partial charge in [0.05, 0.1) is 0 Å². The number of hydrogen-bond acceptors (Lipinski definition) is 2.